The first-order chi connectivity index (χ1) is 12.3. The van der Waals surface area contributed by atoms with Gasteiger partial charge in [0, 0.05) is 22.7 Å². The van der Waals surface area contributed by atoms with E-state index in [0.29, 0.717) is 17.0 Å². The van der Waals surface area contributed by atoms with Crippen molar-refractivity contribution in [3.05, 3.63) is 41.3 Å². The van der Waals surface area contributed by atoms with Gasteiger partial charge in [0.1, 0.15) is 10.7 Å². The second-order valence-electron chi connectivity index (χ2n) is 4.61. The fraction of sp³-hybridized carbons (Fsp3) is 0.133. The zero-order chi connectivity index (χ0) is 18.9. The predicted molar refractivity (Wildman–Crippen MR) is 88.6 cm³/mol. The largest absolute Gasteiger partial charge is 0.492 e. The molecule has 0 radical (unpaired) electrons. The van der Waals surface area contributed by atoms with Gasteiger partial charge in [-0.15, -0.1) is 0 Å². The summed E-state index contributed by atoms with van der Waals surface area (Å²) in [6.07, 6.45) is 2.85. The number of ether oxygens (including phenoxy) is 1. The third-order valence-electron chi connectivity index (χ3n) is 3.27. The van der Waals surface area contributed by atoms with Crippen LogP contribution < -0.4 is 15.4 Å². The quantitative estimate of drug-likeness (QED) is 0.638. The van der Waals surface area contributed by atoms with Gasteiger partial charge in [-0.1, -0.05) is 11.6 Å². The highest BCUT2D eigenvalue weighted by Gasteiger charge is 2.15. The Morgan fingerprint density at radius 1 is 1.39 bits per heavy atom. The minimum Gasteiger partial charge on any atom is -0.492 e. The number of fused-ring (bicyclic) bond motifs is 1. The molecule has 2 aromatic heterocycles. The SMILES string of the molecule is [2H]C([2H])([2H])NC(=O)c1cnc(Cl)cc1Nc1ccc2cn[nH]c2c1OC. The first-order valence-corrected chi connectivity index (χ1v) is 6.91. The van der Waals surface area contributed by atoms with Crippen LogP contribution in [0.1, 0.15) is 14.5 Å². The Hall–Kier alpha value is -2.80. The van der Waals surface area contributed by atoms with Gasteiger partial charge < -0.3 is 15.4 Å². The monoisotopic (exact) mass is 334 g/mol. The molecule has 0 bridgehead atoms. The predicted octanol–water partition coefficient (Wildman–Crippen LogP) is 2.72. The molecule has 0 atom stereocenters. The molecule has 0 aliphatic heterocycles. The maximum absolute atomic E-state index is 12.3. The van der Waals surface area contributed by atoms with E-state index in [1.54, 1.807) is 12.3 Å². The summed E-state index contributed by atoms with van der Waals surface area (Å²) < 4.78 is 27.0. The van der Waals surface area contributed by atoms with Crippen LogP contribution in [0, 0.1) is 0 Å². The van der Waals surface area contributed by atoms with E-state index in [2.05, 4.69) is 20.5 Å². The van der Waals surface area contributed by atoms with Gasteiger partial charge in [0.2, 0.25) is 0 Å². The van der Waals surface area contributed by atoms with Crippen molar-refractivity contribution in [2.75, 3.05) is 19.4 Å². The number of aromatic amines is 1. The maximum Gasteiger partial charge on any atom is 0.254 e. The van der Waals surface area contributed by atoms with Crippen molar-refractivity contribution >= 4 is 39.8 Å². The molecule has 0 aliphatic rings. The average molecular weight is 335 g/mol. The van der Waals surface area contributed by atoms with Crippen molar-refractivity contribution in [1.29, 1.82) is 0 Å². The molecule has 0 spiro atoms. The minimum absolute atomic E-state index is 0.0253. The number of hydrogen-bond donors (Lipinski definition) is 3. The van der Waals surface area contributed by atoms with E-state index in [4.69, 9.17) is 20.5 Å². The third kappa shape index (κ3) is 2.78. The lowest BCUT2D eigenvalue weighted by atomic mass is 10.1. The van der Waals surface area contributed by atoms with Gasteiger partial charge >= 0.3 is 0 Å². The number of halogens is 1. The summed E-state index contributed by atoms with van der Waals surface area (Å²) in [4.78, 5) is 16.1. The molecule has 0 saturated carbocycles. The molecule has 3 N–H and O–H groups in total. The number of anilines is 2. The first kappa shape index (κ1) is 11.7. The Kier molecular flexibility index (Phi) is 3.13. The van der Waals surface area contributed by atoms with Crippen molar-refractivity contribution < 1.29 is 13.6 Å². The van der Waals surface area contributed by atoms with Crippen molar-refractivity contribution in [1.82, 2.24) is 20.5 Å². The standard InChI is InChI=1S/C15H14ClN5O2/c1-17-15(22)9-7-18-12(16)5-11(9)20-10-4-3-8-6-19-21-13(8)14(10)23-2/h3-7H,1-2H3,(H,17,22)(H,18,20)(H,19,21)/i1D3. The number of amides is 1. The molecule has 1 aromatic carbocycles. The van der Waals surface area contributed by atoms with Crippen LogP contribution in [0.2, 0.25) is 5.15 Å². The Morgan fingerprint density at radius 3 is 3.04 bits per heavy atom. The molecule has 3 rings (SSSR count). The van der Waals surface area contributed by atoms with E-state index in [-0.39, 0.29) is 16.4 Å². The number of hydrogen-bond acceptors (Lipinski definition) is 5. The number of nitrogens with one attached hydrogen (secondary N) is 3. The zero-order valence-corrected chi connectivity index (χ0v) is 12.7. The molecular weight excluding hydrogens is 318 g/mol. The molecule has 3 aromatic rings. The number of carbonyl (C=O) groups excluding carboxylic acids is 1. The Bertz CT molecular complexity index is 974. The molecule has 23 heavy (non-hydrogen) atoms. The summed E-state index contributed by atoms with van der Waals surface area (Å²) >= 11 is 5.93. The van der Waals surface area contributed by atoms with E-state index in [1.807, 2.05) is 11.4 Å². The second-order valence-corrected chi connectivity index (χ2v) is 5.00. The van der Waals surface area contributed by atoms with Crippen LogP contribution in [-0.4, -0.2) is 35.2 Å². The van der Waals surface area contributed by atoms with Crippen LogP contribution in [0.25, 0.3) is 10.9 Å². The van der Waals surface area contributed by atoms with E-state index in [0.717, 1.165) is 5.39 Å². The molecular formula is C15H14ClN5O2. The third-order valence-corrected chi connectivity index (χ3v) is 3.48. The summed E-state index contributed by atoms with van der Waals surface area (Å²) in [5, 5.41) is 12.8. The van der Waals surface area contributed by atoms with Gasteiger partial charge in [-0.2, -0.15) is 5.10 Å². The minimum atomic E-state index is -2.62. The average Bonchev–Trinajstić information content (AvgIpc) is 3.01. The maximum atomic E-state index is 12.3. The van der Waals surface area contributed by atoms with Crippen molar-refractivity contribution in [2.45, 2.75) is 0 Å². The van der Waals surface area contributed by atoms with Gasteiger partial charge in [0.25, 0.3) is 5.91 Å². The normalized spacial score (nSPS) is 13.0. The smallest absolute Gasteiger partial charge is 0.254 e. The molecule has 2 heterocycles. The topological polar surface area (TPSA) is 91.9 Å². The first-order valence-electron chi connectivity index (χ1n) is 8.03. The van der Waals surface area contributed by atoms with E-state index < -0.39 is 12.9 Å². The lowest BCUT2D eigenvalue weighted by molar-refractivity contribution is 0.0963. The van der Waals surface area contributed by atoms with Crippen LogP contribution in [0.4, 0.5) is 11.4 Å². The molecule has 1 amide bonds. The lowest BCUT2D eigenvalue weighted by Gasteiger charge is -2.14. The number of pyridine rings is 1. The molecule has 8 heteroatoms. The van der Waals surface area contributed by atoms with Crippen LogP contribution in [0.15, 0.2) is 30.6 Å². The summed E-state index contributed by atoms with van der Waals surface area (Å²) in [6.45, 7) is -2.62. The zero-order valence-electron chi connectivity index (χ0n) is 15.0. The van der Waals surface area contributed by atoms with Gasteiger partial charge in [-0.05, 0) is 18.2 Å². The highest BCUT2D eigenvalue weighted by Crippen LogP contribution is 2.35. The fourth-order valence-corrected chi connectivity index (χ4v) is 2.38. The highest BCUT2D eigenvalue weighted by atomic mass is 35.5. The van der Waals surface area contributed by atoms with Gasteiger partial charge in [0.15, 0.2) is 5.75 Å². The number of nitrogens with zero attached hydrogens (tertiary/aromatic N) is 2. The number of H-pyrrole nitrogens is 1. The summed E-state index contributed by atoms with van der Waals surface area (Å²) in [5.41, 5.74) is 1.52. The molecule has 118 valence electrons. The van der Waals surface area contributed by atoms with Crippen molar-refractivity contribution in [3.8, 4) is 5.75 Å². The molecule has 0 aliphatic carbocycles. The van der Waals surface area contributed by atoms with Crippen molar-refractivity contribution in [2.24, 2.45) is 0 Å². The Balaban J connectivity index is 2.02. The van der Waals surface area contributed by atoms with Gasteiger partial charge in [-0.25, -0.2) is 4.98 Å². The number of rotatable bonds is 4. The van der Waals surface area contributed by atoms with Crippen LogP contribution in [0.5, 0.6) is 5.75 Å². The Labute approximate surface area is 141 Å². The molecule has 0 saturated heterocycles. The number of carbonyl (C=O) groups is 1. The number of aromatic nitrogens is 3. The van der Waals surface area contributed by atoms with E-state index >= 15 is 0 Å². The molecule has 0 fully saturated rings. The number of methoxy groups -OCH3 is 1. The second kappa shape index (κ2) is 6.13. The summed E-state index contributed by atoms with van der Waals surface area (Å²) in [5.74, 6) is -0.326. The summed E-state index contributed by atoms with van der Waals surface area (Å²) in [6, 6.07) is 4.98. The highest BCUT2D eigenvalue weighted by molar-refractivity contribution is 6.29. The number of benzene rings is 1. The van der Waals surface area contributed by atoms with E-state index in [1.165, 1.54) is 19.4 Å². The molecule has 7 nitrogen and oxygen atoms in total. The fourth-order valence-electron chi connectivity index (χ4n) is 2.22. The summed E-state index contributed by atoms with van der Waals surface area (Å²) in [7, 11) is 1.50. The Morgan fingerprint density at radius 2 is 2.26 bits per heavy atom. The molecule has 0 unspecified atom stereocenters. The van der Waals surface area contributed by atoms with Crippen LogP contribution in [0.3, 0.4) is 0 Å². The van der Waals surface area contributed by atoms with Crippen LogP contribution >= 0.6 is 11.6 Å². The van der Waals surface area contributed by atoms with Gasteiger partial charge in [-0.3, -0.25) is 9.89 Å². The van der Waals surface area contributed by atoms with E-state index in [9.17, 15) is 4.79 Å². The van der Waals surface area contributed by atoms with Gasteiger partial charge in [0.05, 0.1) is 30.2 Å². The van der Waals surface area contributed by atoms with Crippen molar-refractivity contribution in [3.63, 3.8) is 0 Å². The van der Waals surface area contributed by atoms with Crippen LogP contribution in [-0.2, 0) is 0 Å². The lowest BCUT2D eigenvalue weighted by Crippen LogP contribution is -2.19.